The molecule has 0 fully saturated rings. The Kier molecular flexibility index (Phi) is 45.4. The first-order valence-corrected chi connectivity index (χ1v) is 22.8. The van der Waals surface area contributed by atoms with Crippen LogP contribution in [0.15, 0.2) is 0 Å². The van der Waals surface area contributed by atoms with Crippen LogP contribution < -0.4 is 56.3 Å². The second-order valence-corrected chi connectivity index (χ2v) is 18.2. The molecule has 0 rings (SSSR count). The van der Waals surface area contributed by atoms with E-state index in [0.29, 0.717) is 0 Å². The fourth-order valence-electron chi connectivity index (χ4n) is 2.82. The minimum absolute atomic E-state index is 0. The van der Waals surface area contributed by atoms with Crippen molar-refractivity contribution in [2.75, 3.05) is 65.0 Å². The third-order valence-electron chi connectivity index (χ3n) is 4.49. The maximum absolute atomic E-state index is 10.5. The zero-order valence-corrected chi connectivity index (χ0v) is 35.5. The Bertz CT molecular complexity index is 838. The number of unbranched alkanes of at least 4 members (excludes halogenated alkanes) is 4. The van der Waals surface area contributed by atoms with E-state index in [4.69, 9.17) is 40.7 Å². The van der Waals surface area contributed by atoms with Crippen LogP contribution in [-0.4, -0.2) is 95.4 Å². The molecule has 12 nitrogen and oxygen atoms in total. The van der Waals surface area contributed by atoms with Gasteiger partial charge in [-0.1, -0.05) is 76.6 Å². The minimum Gasteiger partial charge on any atom is -0.800 e. The summed E-state index contributed by atoms with van der Waals surface area (Å²) in [7, 11) is -9.44. The summed E-state index contributed by atoms with van der Waals surface area (Å²) in [5.74, 6) is 0. The number of quaternary nitrogens is 1. The van der Waals surface area contributed by atoms with Gasteiger partial charge in [-0.05, 0) is 39.0 Å². The van der Waals surface area contributed by atoms with Crippen LogP contribution in [0, 0.1) is 0 Å². The Morgan fingerprint density at radius 2 is 0.976 bits per heavy atom. The summed E-state index contributed by atoms with van der Waals surface area (Å²) in [4.78, 5) is 9.66. The van der Waals surface area contributed by atoms with E-state index >= 15 is 0 Å². The molecule has 1 N–H and O–H groups in total. The van der Waals surface area contributed by atoms with Gasteiger partial charge in [-0.3, -0.25) is 9.12 Å². The second-order valence-electron chi connectivity index (χ2n) is 9.44. The maximum atomic E-state index is 10.5. The van der Waals surface area contributed by atoms with Crippen molar-refractivity contribution in [3.8, 4) is 0 Å². The molecule has 0 bridgehead atoms. The van der Waals surface area contributed by atoms with Gasteiger partial charge in [0.1, 0.15) is 12.1 Å². The van der Waals surface area contributed by atoms with Crippen molar-refractivity contribution in [1.29, 1.82) is 0 Å². The zero-order valence-electron chi connectivity index (χ0n) is 26.7. The van der Waals surface area contributed by atoms with Gasteiger partial charge in [0.25, 0.3) is 0 Å². The second kappa shape index (κ2) is 33.5. The molecule has 0 radical (unpaired) electrons. The maximum Gasteiger partial charge on any atom is 1.00 e. The van der Waals surface area contributed by atoms with Gasteiger partial charge >= 0.3 is 60.7 Å². The van der Waals surface area contributed by atoms with Crippen molar-refractivity contribution < 1.29 is 105 Å². The Labute approximate surface area is 313 Å². The van der Waals surface area contributed by atoms with Crippen molar-refractivity contribution >= 4 is 68.4 Å². The largest absolute Gasteiger partial charge is 1.00 e. The molecule has 256 valence electrons. The number of nitrogens with zero attached hydrogens (tertiary/aromatic N) is 1. The van der Waals surface area contributed by atoms with Crippen molar-refractivity contribution in [2.24, 2.45) is 0 Å². The van der Waals surface area contributed by atoms with E-state index in [2.05, 4.69) is 47.1 Å². The molecule has 0 aliphatic carbocycles. The van der Waals surface area contributed by atoms with Gasteiger partial charge in [0.2, 0.25) is 10.4 Å². The summed E-state index contributed by atoms with van der Waals surface area (Å²) < 4.78 is 82.1. The topological polar surface area (TPSA) is 187 Å². The summed E-state index contributed by atoms with van der Waals surface area (Å²) in [6, 6.07) is -0.421. The Hall–Kier alpha value is 2.63. The minimum atomic E-state index is -4.92. The molecule has 42 heavy (non-hydrogen) atoms. The fourth-order valence-corrected chi connectivity index (χ4v) is 4.48. The molecule has 0 saturated heterocycles. The first kappa shape index (κ1) is 56.9. The summed E-state index contributed by atoms with van der Waals surface area (Å²) >= 11 is 9.89. The molecule has 0 saturated carbocycles. The predicted octanol–water partition coefficient (Wildman–Crippen LogP) is 3.32. The molecular formula is C22H53Cl3KNO11P2S2. The molecule has 0 atom stereocenters. The third-order valence-corrected chi connectivity index (χ3v) is 6.41. The molecule has 20 heteroatoms. The van der Waals surface area contributed by atoms with Crippen LogP contribution in [0.2, 0.25) is 0 Å². The molecule has 0 spiro atoms. The molecule has 0 unspecified atom stereocenters. The van der Waals surface area contributed by atoms with E-state index in [1.165, 1.54) is 109 Å². The zero-order chi connectivity index (χ0) is 33.8. The van der Waals surface area contributed by atoms with Crippen LogP contribution in [0.1, 0.15) is 79.1 Å². The fraction of sp³-hybridized carbons (Fsp3) is 1.00. The molecular weight excluding hydrogens is 726 g/mol. The summed E-state index contributed by atoms with van der Waals surface area (Å²) in [5.41, 5.74) is 0. The molecule has 0 amide bonds. The van der Waals surface area contributed by atoms with E-state index in [1.807, 2.05) is 0 Å². The molecule has 0 aromatic carbocycles. The SMILES string of the molecule is CCCC[N+](CCCC)(CCCC)CCCC.CP(C)(=O)OCCl.CP(C)(=O)[O-].O=S(=O)(Cl)OCCl.O=S(=O)([O-])O.[K+]. The van der Waals surface area contributed by atoms with Gasteiger partial charge in [0.05, 0.1) is 26.2 Å². The van der Waals surface area contributed by atoms with Gasteiger partial charge in [-0.2, -0.15) is 8.42 Å². The van der Waals surface area contributed by atoms with Gasteiger partial charge in [0.15, 0.2) is 7.37 Å². The number of hydrogen-bond acceptors (Lipinski definition) is 10. The van der Waals surface area contributed by atoms with Gasteiger partial charge < -0.3 is 23.0 Å². The first-order valence-electron chi connectivity index (χ1n) is 13.1. The molecule has 0 aromatic heterocycles. The summed E-state index contributed by atoms with van der Waals surface area (Å²) in [5, 5.41) is 0. The van der Waals surface area contributed by atoms with Gasteiger partial charge in [-0.15, -0.1) is 0 Å². The van der Waals surface area contributed by atoms with Crippen LogP contribution in [0.5, 0.6) is 0 Å². The van der Waals surface area contributed by atoms with E-state index < -0.39 is 40.5 Å². The van der Waals surface area contributed by atoms with E-state index in [9.17, 15) is 22.4 Å². The van der Waals surface area contributed by atoms with Crippen LogP contribution >= 0.6 is 48.6 Å². The monoisotopic (exact) mass is 777 g/mol. The summed E-state index contributed by atoms with van der Waals surface area (Å²) in [6.45, 7) is 20.4. The number of halogens is 3. The Balaban J connectivity index is -0.000000108. The molecule has 0 heterocycles. The number of hydrogen-bond donors (Lipinski definition) is 1. The Morgan fingerprint density at radius 1 is 0.738 bits per heavy atom. The predicted molar refractivity (Wildman–Crippen MR) is 169 cm³/mol. The first-order chi connectivity index (χ1) is 18.4. The van der Waals surface area contributed by atoms with Crippen molar-refractivity contribution in [3.05, 3.63) is 0 Å². The quantitative estimate of drug-likeness (QED) is 0.0461. The van der Waals surface area contributed by atoms with Crippen molar-refractivity contribution in [3.63, 3.8) is 0 Å². The van der Waals surface area contributed by atoms with Gasteiger partial charge in [0, 0.05) is 31.4 Å². The van der Waals surface area contributed by atoms with Crippen LogP contribution in [-0.2, 0) is 37.6 Å². The average Bonchev–Trinajstić information content (AvgIpc) is 2.75. The standard InChI is InChI=1S/C16H36N.C3H8ClO2P.C2H7O2P.CH2Cl2O3S.K.H2O4S/c1-5-9-13-17(14-10-6-2,15-11-7-3)16-12-8-4;1-7(2,5)6-3-4;1-5(2,3)4;2-1-6-7(3,4)5;;1-5(2,3)4/h5-16H2,1-4H3;3H2,1-2H3;1-2H3,(H,3,4);1H2;;(H2,1,2,3,4)/q+1;;;;+1;/p-2. The number of alkyl halides is 2. The summed E-state index contributed by atoms with van der Waals surface area (Å²) in [6.07, 6.45) is 11.1. The van der Waals surface area contributed by atoms with Crippen LogP contribution in [0.3, 0.4) is 0 Å². The normalized spacial score (nSPS) is 11.6. The van der Waals surface area contributed by atoms with Gasteiger partial charge in [-0.25, -0.2) is 12.6 Å². The smallest absolute Gasteiger partial charge is 0.800 e. The molecule has 0 aliphatic rings. The molecule has 0 aliphatic heterocycles. The average molecular weight is 779 g/mol. The van der Waals surface area contributed by atoms with E-state index in [1.54, 1.807) is 0 Å². The van der Waals surface area contributed by atoms with Crippen molar-refractivity contribution in [2.45, 2.75) is 79.1 Å². The third kappa shape index (κ3) is 78.7. The number of rotatable bonds is 16. The van der Waals surface area contributed by atoms with Crippen molar-refractivity contribution in [1.82, 2.24) is 0 Å². The van der Waals surface area contributed by atoms with E-state index in [0.717, 1.165) is 0 Å². The van der Waals surface area contributed by atoms with E-state index in [-0.39, 0.29) is 57.5 Å². The Morgan fingerprint density at radius 3 is 1.05 bits per heavy atom. The molecule has 0 aromatic rings. The van der Waals surface area contributed by atoms with Crippen LogP contribution in [0.4, 0.5) is 0 Å². The van der Waals surface area contributed by atoms with Crippen LogP contribution in [0.25, 0.3) is 0 Å².